The van der Waals surface area contributed by atoms with Crippen molar-refractivity contribution in [2.75, 3.05) is 26.8 Å². The van der Waals surface area contributed by atoms with E-state index in [1.807, 2.05) is 0 Å². The molecule has 0 heterocycles. The molecule has 1 aromatic rings. The Morgan fingerprint density at radius 3 is 2.80 bits per heavy atom. The van der Waals surface area contributed by atoms with Gasteiger partial charge in [0.25, 0.3) is 0 Å². The van der Waals surface area contributed by atoms with Crippen molar-refractivity contribution < 1.29 is 13.9 Å². The molecular formula is C13H17Cl2FN2O2. The molecule has 0 aliphatic carbocycles. The van der Waals surface area contributed by atoms with Crippen molar-refractivity contribution in [1.29, 1.82) is 0 Å². The number of ether oxygens (including phenoxy) is 1. The monoisotopic (exact) mass is 322 g/mol. The lowest BCUT2D eigenvalue weighted by atomic mass is 10.1. The second-order valence-corrected chi connectivity index (χ2v) is 5.00. The average molecular weight is 323 g/mol. The van der Waals surface area contributed by atoms with E-state index in [0.29, 0.717) is 23.7 Å². The van der Waals surface area contributed by atoms with Crippen molar-refractivity contribution in [2.45, 2.75) is 13.0 Å². The second-order valence-electron chi connectivity index (χ2n) is 4.22. The highest BCUT2D eigenvalue weighted by Gasteiger charge is 2.18. The Kier molecular flexibility index (Phi) is 7.23. The van der Waals surface area contributed by atoms with Gasteiger partial charge in [0, 0.05) is 24.2 Å². The molecule has 0 aromatic heterocycles. The van der Waals surface area contributed by atoms with E-state index < -0.39 is 11.9 Å². The number of benzene rings is 1. The molecule has 0 saturated carbocycles. The van der Waals surface area contributed by atoms with Gasteiger partial charge in [-0.05, 0) is 19.1 Å². The fraction of sp³-hybridized carbons (Fsp3) is 0.462. The lowest BCUT2D eigenvalue weighted by molar-refractivity contribution is -0.120. The van der Waals surface area contributed by atoms with Gasteiger partial charge >= 0.3 is 0 Å². The highest BCUT2D eigenvalue weighted by atomic mass is 35.5. The summed E-state index contributed by atoms with van der Waals surface area (Å²) in [6.07, 6.45) is 0. The van der Waals surface area contributed by atoms with Crippen LogP contribution < -0.4 is 10.6 Å². The molecular weight excluding hydrogens is 306 g/mol. The molecule has 0 radical (unpaired) electrons. The largest absolute Gasteiger partial charge is 0.383 e. The Balaban J connectivity index is 2.60. The molecule has 1 amide bonds. The Labute approximate surface area is 127 Å². The van der Waals surface area contributed by atoms with Crippen LogP contribution in [-0.4, -0.2) is 32.7 Å². The van der Waals surface area contributed by atoms with Gasteiger partial charge in [0.2, 0.25) is 5.91 Å². The number of hydrogen-bond donors (Lipinski definition) is 2. The molecule has 0 saturated heterocycles. The van der Waals surface area contributed by atoms with Crippen molar-refractivity contribution in [2.24, 2.45) is 0 Å². The number of rotatable bonds is 7. The Morgan fingerprint density at radius 2 is 2.15 bits per heavy atom. The Bertz CT molecular complexity index is 472. The zero-order valence-electron chi connectivity index (χ0n) is 11.3. The third-order valence-electron chi connectivity index (χ3n) is 2.66. The van der Waals surface area contributed by atoms with Gasteiger partial charge in [-0.25, -0.2) is 4.39 Å². The summed E-state index contributed by atoms with van der Waals surface area (Å²) in [4.78, 5) is 11.7. The minimum Gasteiger partial charge on any atom is -0.383 e. The average Bonchev–Trinajstić information content (AvgIpc) is 2.39. The summed E-state index contributed by atoms with van der Waals surface area (Å²) in [5.41, 5.74) is 0.374. The lowest BCUT2D eigenvalue weighted by Crippen LogP contribution is -2.36. The van der Waals surface area contributed by atoms with E-state index in [4.69, 9.17) is 27.9 Å². The van der Waals surface area contributed by atoms with Gasteiger partial charge in [0.05, 0.1) is 24.2 Å². The topological polar surface area (TPSA) is 50.4 Å². The van der Waals surface area contributed by atoms with Crippen molar-refractivity contribution in [3.63, 3.8) is 0 Å². The van der Waals surface area contributed by atoms with Gasteiger partial charge in [-0.15, -0.1) is 0 Å². The number of hydrogen-bond acceptors (Lipinski definition) is 3. The van der Waals surface area contributed by atoms with Crippen LogP contribution >= 0.6 is 23.2 Å². The van der Waals surface area contributed by atoms with Crippen molar-refractivity contribution in [3.05, 3.63) is 33.6 Å². The maximum Gasteiger partial charge on any atom is 0.234 e. The van der Waals surface area contributed by atoms with Crippen molar-refractivity contribution in [3.8, 4) is 0 Å². The maximum atomic E-state index is 13.4. The quantitative estimate of drug-likeness (QED) is 0.599. The van der Waals surface area contributed by atoms with Gasteiger partial charge in [0.15, 0.2) is 0 Å². The molecule has 1 rings (SSSR count). The normalized spacial score (nSPS) is 12.2. The summed E-state index contributed by atoms with van der Waals surface area (Å²) >= 11 is 11.9. The van der Waals surface area contributed by atoms with E-state index >= 15 is 0 Å². The highest BCUT2D eigenvalue weighted by Crippen LogP contribution is 2.32. The predicted octanol–water partition coefficient (Wildman–Crippen LogP) is 2.55. The number of nitrogens with one attached hydrogen (secondary N) is 2. The molecule has 20 heavy (non-hydrogen) atoms. The van der Waals surface area contributed by atoms with E-state index in [9.17, 15) is 9.18 Å². The van der Waals surface area contributed by atoms with Crippen LogP contribution in [0.4, 0.5) is 4.39 Å². The van der Waals surface area contributed by atoms with E-state index in [1.165, 1.54) is 12.1 Å². The number of methoxy groups -OCH3 is 1. The minimum absolute atomic E-state index is 0.0716. The van der Waals surface area contributed by atoms with Gasteiger partial charge < -0.3 is 15.4 Å². The van der Waals surface area contributed by atoms with Crippen LogP contribution in [0.5, 0.6) is 0 Å². The molecule has 2 N–H and O–H groups in total. The molecule has 0 bridgehead atoms. The predicted molar refractivity (Wildman–Crippen MR) is 77.7 cm³/mol. The van der Waals surface area contributed by atoms with Gasteiger partial charge in [-0.1, -0.05) is 23.2 Å². The summed E-state index contributed by atoms with van der Waals surface area (Å²) < 4.78 is 18.3. The van der Waals surface area contributed by atoms with Crippen LogP contribution in [0.3, 0.4) is 0 Å². The third-order valence-corrected chi connectivity index (χ3v) is 3.37. The summed E-state index contributed by atoms with van der Waals surface area (Å²) in [7, 11) is 1.58. The van der Waals surface area contributed by atoms with Crippen LogP contribution in [0.1, 0.15) is 18.5 Å². The van der Waals surface area contributed by atoms with Gasteiger partial charge in [-0.3, -0.25) is 4.79 Å². The smallest absolute Gasteiger partial charge is 0.234 e. The first-order valence-electron chi connectivity index (χ1n) is 6.09. The number of carbonyl (C=O) groups excluding carboxylic acids is 1. The highest BCUT2D eigenvalue weighted by molar-refractivity contribution is 6.36. The minimum atomic E-state index is -0.564. The first-order chi connectivity index (χ1) is 9.47. The molecule has 0 aliphatic heterocycles. The van der Waals surface area contributed by atoms with Crippen molar-refractivity contribution in [1.82, 2.24) is 10.6 Å². The zero-order valence-corrected chi connectivity index (χ0v) is 12.8. The summed E-state index contributed by atoms with van der Waals surface area (Å²) in [6, 6.07) is 2.12. The SMILES string of the molecule is COCCNCC(=O)N[C@H](C)c1c(Cl)ccc(F)c1Cl. The summed E-state index contributed by atoms with van der Waals surface area (Å²) in [6.45, 7) is 2.92. The summed E-state index contributed by atoms with van der Waals surface area (Å²) in [5.74, 6) is -0.796. The van der Waals surface area contributed by atoms with E-state index in [0.717, 1.165) is 0 Å². The Morgan fingerprint density at radius 1 is 1.45 bits per heavy atom. The molecule has 1 atom stereocenters. The van der Waals surface area contributed by atoms with E-state index in [-0.39, 0.29) is 17.5 Å². The lowest BCUT2D eigenvalue weighted by Gasteiger charge is -2.17. The molecule has 0 unspecified atom stereocenters. The molecule has 4 nitrogen and oxygen atoms in total. The number of amides is 1. The molecule has 1 aromatic carbocycles. The van der Waals surface area contributed by atoms with Crippen LogP contribution in [0, 0.1) is 5.82 Å². The summed E-state index contributed by atoms with van der Waals surface area (Å²) in [5, 5.41) is 5.86. The van der Waals surface area contributed by atoms with Gasteiger partial charge in [-0.2, -0.15) is 0 Å². The van der Waals surface area contributed by atoms with E-state index in [1.54, 1.807) is 14.0 Å². The molecule has 0 spiro atoms. The molecule has 7 heteroatoms. The number of carbonyl (C=O) groups is 1. The van der Waals surface area contributed by atoms with Gasteiger partial charge in [0.1, 0.15) is 5.82 Å². The molecule has 0 fully saturated rings. The van der Waals surface area contributed by atoms with Crippen LogP contribution in [0.25, 0.3) is 0 Å². The van der Waals surface area contributed by atoms with Crippen LogP contribution in [0.2, 0.25) is 10.0 Å². The maximum absolute atomic E-state index is 13.4. The standard InChI is InChI=1S/C13H17Cl2FN2O2/c1-8(18-11(19)7-17-5-6-20-2)12-9(14)3-4-10(16)13(12)15/h3-4,8,17H,5-7H2,1-2H3,(H,18,19)/t8-/m1/s1. The fourth-order valence-electron chi connectivity index (χ4n) is 1.68. The van der Waals surface area contributed by atoms with Crippen molar-refractivity contribution >= 4 is 29.1 Å². The van der Waals surface area contributed by atoms with Crippen LogP contribution in [0.15, 0.2) is 12.1 Å². The second kappa shape index (κ2) is 8.42. The fourth-order valence-corrected chi connectivity index (χ4v) is 2.38. The Hall–Kier alpha value is -0.880. The number of halogens is 3. The molecule has 112 valence electrons. The first-order valence-corrected chi connectivity index (χ1v) is 6.85. The first kappa shape index (κ1) is 17.2. The molecule has 0 aliphatic rings. The van der Waals surface area contributed by atoms with Crippen LogP contribution in [-0.2, 0) is 9.53 Å². The third kappa shape index (κ3) is 4.90. The van der Waals surface area contributed by atoms with E-state index in [2.05, 4.69) is 10.6 Å². The zero-order chi connectivity index (χ0) is 15.1.